The van der Waals surface area contributed by atoms with Crippen molar-refractivity contribution < 1.29 is 8.78 Å². The lowest BCUT2D eigenvalue weighted by atomic mass is 9.96. The molecule has 0 aliphatic heterocycles. The van der Waals surface area contributed by atoms with Crippen LogP contribution in [-0.2, 0) is 6.42 Å². The number of nitrogens with one attached hydrogen (secondary N) is 1. The molecule has 1 nitrogen and oxygen atoms in total. The molecule has 1 unspecified atom stereocenters. The average molecular weight is 269 g/mol. The molecule has 0 aliphatic rings. The summed E-state index contributed by atoms with van der Waals surface area (Å²) >= 11 is 0. The topological polar surface area (TPSA) is 12.0 Å². The molecule has 0 fully saturated rings. The predicted molar refractivity (Wildman–Crippen MR) is 76.2 cm³/mol. The van der Waals surface area contributed by atoms with Crippen LogP contribution in [0.15, 0.2) is 18.2 Å². The van der Waals surface area contributed by atoms with E-state index < -0.39 is 11.6 Å². The molecule has 0 spiro atoms. The molecule has 0 aliphatic carbocycles. The first-order chi connectivity index (χ1) is 9.04. The summed E-state index contributed by atoms with van der Waals surface area (Å²) < 4.78 is 26.3. The lowest BCUT2D eigenvalue weighted by Gasteiger charge is -2.22. The van der Waals surface area contributed by atoms with Crippen molar-refractivity contribution in [2.75, 3.05) is 6.54 Å². The van der Waals surface area contributed by atoms with Gasteiger partial charge in [-0.2, -0.15) is 0 Å². The number of benzene rings is 1. The highest BCUT2D eigenvalue weighted by Crippen LogP contribution is 2.15. The third kappa shape index (κ3) is 5.68. The first kappa shape index (κ1) is 16.1. The van der Waals surface area contributed by atoms with Crippen LogP contribution >= 0.6 is 0 Å². The second kappa shape index (κ2) is 8.26. The van der Waals surface area contributed by atoms with Crippen LogP contribution in [0.25, 0.3) is 0 Å². The molecule has 108 valence electrons. The molecule has 0 heterocycles. The quantitative estimate of drug-likeness (QED) is 0.741. The molecule has 1 atom stereocenters. The minimum atomic E-state index is -0.508. The Balaban J connectivity index is 2.42. The van der Waals surface area contributed by atoms with Crippen LogP contribution in [0.3, 0.4) is 0 Å². The van der Waals surface area contributed by atoms with Crippen LogP contribution in [0.2, 0.25) is 0 Å². The summed E-state index contributed by atoms with van der Waals surface area (Å²) in [5.74, 6) is -0.363. The van der Waals surface area contributed by atoms with Gasteiger partial charge in [0.15, 0.2) is 0 Å². The minimum absolute atomic E-state index is 0.428. The van der Waals surface area contributed by atoms with Crippen LogP contribution < -0.4 is 5.32 Å². The van der Waals surface area contributed by atoms with Crippen molar-refractivity contribution in [2.45, 2.75) is 52.5 Å². The zero-order valence-corrected chi connectivity index (χ0v) is 12.2. The third-order valence-corrected chi connectivity index (χ3v) is 3.44. The number of hydrogen-bond donors (Lipinski definition) is 1. The van der Waals surface area contributed by atoms with E-state index in [0.717, 1.165) is 31.9 Å². The summed E-state index contributed by atoms with van der Waals surface area (Å²) in [6.45, 7) is 7.57. The Morgan fingerprint density at radius 1 is 1.21 bits per heavy atom. The number of aryl methyl sites for hydroxylation is 1. The van der Waals surface area contributed by atoms with Crippen molar-refractivity contribution in [3.05, 3.63) is 35.4 Å². The third-order valence-electron chi connectivity index (χ3n) is 3.44. The van der Waals surface area contributed by atoms with Crippen LogP contribution in [0.5, 0.6) is 0 Å². The number of halogens is 2. The van der Waals surface area contributed by atoms with Gasteiger partial charge in [0.05, 0.1) is 0 Å². The molecule has 0 radical (unpaired) electrons. The average Bonchev–Trinajstić information content (AvgIpc) is 2.35. The Labute approximate surface area is 115 Å². The summed E-state index contributed by atoms with van der Waals surface area (Å²) in [6, 6.07) is 4.32. The molecule has 0 aromatic heterocycles. The Morgan fingerprint density at radius 2 is 1.95 bits per heavy atom. The summed E-state index contributed by atoms with van der Waals surface area (Å²) in [5.41, 5.74) is 0.611. The molecule has 1 N–H and O–H groups in total. The van der Waals surface area contributed by atoms with Gasteiger partial charge in [0.2, 0.25) is 0 Å². The monoisotopic (exact) mass is 269 g/mol. The lowest BCUT2D eigenvalue weighted by molar-refractivity contribution is 0.369. The van der Waals surface area contributed by atoms with Crippen LogP contribution in [0, 0.1) is 17.6 Å². The van der Waals surface area contributed by atoms with Gasteiger partial charge in [0, 0.05) is 12.1 Å². The van der Waals surface area contributed by atoms with Gasteiger partial charge >= 0.3 is 0 Å². The first-order valence-electron chi connectivity index (χ1n) is 7.22. The highest BCUT2D eigenvalue weighted by Gasteiger charge is 2.12. The molecule has 1 aromatic carbocycles. The van der Waals surface area contributed by atoms with Crippen LogP contribution in [0.4, 0.5) is 8.78 Å². The molecule has 0 saturated heterocycles. The zero-order chi connectivity index (χ0) is 14.3. The lowest BCUT2D eigenvalue weighted by Crippen LogP contribution is -2.34. The summed E-state index contributed by atoms with van der Waals surface area (Å²) in [7, 11) is 0. The Morgan fingerprint density at radius 3 is 2.53 bits per heavy atom. The molecular formula is C16H25F2N. The number of hydrogen-bond acceptors (Lipinski definition) is 1. The van der Waals surface area contributed by atoms with Crippen molar-refractivity contribution in [3.8, 4) is 0 Å². The fourth-order valence-corrected chi connectivity index (χ4v) is 2.24. The smallest absolute Gasteiger partial charge is 0.129 e. The van der Waals surface area contributed by atoms with Gasteiger partial charge in [-0.25, -0.2) is 8.78 Å². The fraction of sp³-hybridized carbons (Fsp3) is 0.625. The maximum absolute atomic E-state index is 13.5. The number of rotatable bonds is 8. The summed E-state index contributed by atoms with van der Waals surface area (Å²) in [4.78, 5) is 0. The SMILES string of the molecule is CCCNC(CCCc1ccc(F)cc1F)C(C)C. The van der Waals surface area contributed by atoms with E-state index in [2.05, 4.69) is 26.1 Å². The zero-order valence-electron chi connectivity index (χ0n) is 12.2. The van der Waals surface area contributed by atoms with Gasteiger partial charge in [-0.1, -0.05) is 26.8 Å². The van der Waals surface area contributed by atoms with E-state index in [4.69, 9.17) is 0 Å². The largest absolute Gasteiger partial charge is 0.314 e. The van der Waals surface area contributed by atoms with Crippen LogP contribution in [0.1, 0.15) is 45.6 Å². The second-order valence-corrected chi connectivity index (χ2v) is 5.43. The summed E-state index contributed by atoms with van der Waals surface area (Å²) in [5, 5.41) is 3.53. The predicted octanol–water partition coefficient (Wildman–Crippen LogP) is 4.31. The Hall–Kier alpha value is -0.960. The maximum atomic E-state index is 13.5. The van der Waals surface area contributed by atoms with Crippen molar-refractivity contribution in [1.82, 2.24) is 5.32 Å². The normalized spacial score (nSPS) is 12.9. The molecule has 0 saturated carbocycles. The van der Waals surface area contributed by atoms with E-state index >= 15 is 0 Å². The van der Waals surface area contributed by atoms with Gasteiger partial charge < -0.3 is 5.32 Å². The van der Waals surface area contributed by atoms with Gasteiger partial charge in [-0.15, -0.1) is 0 Å². The minimum Gasteiger partial charge on any atom is -0.314 e. The van der Waals surface area contributed by atoms with E-state index in [0.29, 0.717) is 23.9 Å². The van der Waals surface area contributed by atoms with E-state index in [9.17, 15) is 8.78 Å². The van der Waals surface area contributed by atoms with Crippen molar-refractivity contribution >= 4 is 0 Å². The molecule has 1 aromatic rings. The van der Waals surface area contributed by atoms with Crippen LogP contribution in [-0.4, -0.2) is 12.6 Å². The summed E-state index contributed by atoms with van der Waals surface area (Å²) in [6.07, 6.45) is 3.73. The highest BCUT2D eigenvalue weighted by molar-refractivity contribution is 5.18. The van der Waals surface area contributed by atoms with Crippen molar-refractivity contribution in [3.63, 3.8) is 0 Å². The van der Waals surface area contributed by atoms with E-state index in [1.807, 2.05) is 0 Å². The van der Waals surface area contributed by atoms with Gasteiger partial charge in [0.1, 0.15) is 11.6 Å². The molecule has 3 heteroatoms. The van der Waals surface area contributed by atoms with Crippen molar-refractivity contribution in [1.29, 1.82) is 0 Å². The standard InChI is InChI=1S/C16H25F2N/c1-4-10-19-16(12(2)3)7-5-6-13-8-9-14(17)11-15(13)18/h8-9,11-12,16,19H,4-7,10H2,1-3H3. The molecule has 1 rings (SSSR count). The first-order valence-corrected chi connectivity index (χ1v) is 7.22. The van der Waals surface area contributed by atoms with E-state index in [1.165, 1.54) is 6.07 Å². The van der Waals surface area contributed by atoms with Gasteiger partial charge in [-0.3, -0.25) is 0 Å². The molecular weight excluding hydrogens is 244 g/mol. The van der Waals surface area contributed by atoms with Crippen molar-refractivity contribution in [2.24, 2.45) is 5.92 Å². The second-order valence-electron chi connectivity index (χ2n) is 5.43. The molecule has 19 heavy (non-hydrogen) atoms. The highest BCUT2D eigenvalue weighted by atomic mass is 19.1. The molecule has 0 amide bonds. The fourth-order valence-electron chi connectivity index (χ4n) is 2.24. The maximum Gasteiger partial charge on any atom is 0.129 e. The van der Waals surface area contributed by atoms with E-state index in [1.54, 1.807) is 6.07 Å². The van der Waals surface area contributed by atoms with Gasteiger partial charge in [-0.05, 0) is 49.8 Å². The molecule has 0 bridgehead atoms. The van der Waals surface area contributed by atoms with Gasteiger partial charge in [0.25, 0.3) is 0 Å². The Bertz CT molecular complexity index is 377. The van der Waals surface area contributed by atoms with E-state index in [-0.39, 0.29) is 0 Å². The Kier molecular flexibility index (Phi) is 7.00.